The van der Waals surface area contributed by atoms with Crippen LogP contribution in [0.4, 0.5) is 4.39 Å². The van der Waals surface area contributed by atoms with Gasteiger partial charge in [0.05, 0.1) is 5.92 Å². The number of carbonyl (C=O) groups excluding carboxylic acids is 2. The van der Waals surface area contributed by atoms with Gasteiger partial charge in [-0.05, 0) is 36.1 Å². The molecular formula is C25H27FN4O2. The molecule has 1 aliphatic rings. The molecule has 4 rings (SSSR count). The van der Waals surface area contributed by atoms with Crippen molar-refractivity contribution < 1.29 is 14.0 Å². The Morgan fingerprint density at radius 1 is 1.16 bits per heavy atom. The number of hydrogen-bond acceptors (Lipinski definition) is 3. The number of hydrogen-bond donors (Lipinski definition) is 1. The number of nitrogens with zero attached hydrogens (tertiary/aromatic N) is 3. The molecule has 0 radical (unpaired) electrons. The molecule has 1 aromatic heterocycles. The fourth-order valence-corrected chi connectivity index (χ4v) is 4.26. The molecule has 0 saturated carbocycles. The van der Waals surface area contributed by atoms with Crippen molar-refractivity contribution in [2.45, 2.75) is 19.8 Å². The number of aromatic nitrogens is 2. The zero-order valence-corrected chi connectivity index (χ0v) is 18.1. The van der Waals surface area contributed by atoms with Crippen molar-refractivity contribution in [1.82, 2.24) is 20.0 Å². The Morgan fingerprint density at radius 2 is 2.00 bits per heavy atom. The minimum atomic E-state index is -0.369. The summed E-state index contributed by atoms with van der Waals surface area (Å²) in [5.74, 6) is -0.741. The molecule has 2 aromatic carbocycles. The molecule has 2 amide bonds. The van der Waals surface area contributed by atoms with Crippen LogP contribution in [0.1, 0.15) is 29.4 Å². The van der Waals surface area contributed by atoms with Crippen LogP contribution in [0, 0.1) is 11.7 Å². The van der Waals surface area contributed by atoms with E-state index in [9.17, 15) is 14.0 Å². The van der Waals surface area contributed by atoms with E-state index in [1.165, 1.54) is 6.07 Å². The van der Waals surface area contributed by atoms with E-state index < -0.39 is 0 Å². The van der Waals surface area contributed by atoms with E-state index in [-0.39, 0.29) is 23.5 Å². The van der Waals surface area contributed by atoms with Crippen LogP contribution in [0.5, 0.6) is 0 Å². The number of amides is 2. The Bertz CT molecular complexity index is 1080. The predicted octanol–water partition coefficient (Wildman–Crippen LogP) is 3.77. The van der Waals surface area contributed by atoms with Crippen molar-refractivity contribution in [3.63, 3.8) is 0 Å². The molecule has 1 saturated heterocycles. The second-order valence-corrected chi connectivity index (χ2v) is 8.13. The zero-order chi connectivity index (χ0) is 22.5. The second-order valence-electron chi connectivity index (χ2n) is 8.13. The third-order valence-corrected chi connectivity index (χ3v) is 5.85. The minimum absolute atomic E-state index is 0.0584. The van der Waals surface area contributed by atoms with Gasteiger partial charge in [0.25, 0.3) is 5.91 Å². The normalized spacial score (nSPS) is 16.8. The standard InChI is InChI=1S/C25H27FN4O2/c1-2-12-29-13-14-30(25(32)23-10-11-27-28-23)17-20(24(29)31)16-18-6-5-7-19(15-18)21-8-3-4-9-22(21)26/h3-11,15,20H,2,12-14,16-17H2,1H3,(H,27,28)/t20-/m1/s1. The van der Waals surface area contributed by atoms with Crippen LogP contribution in [-0.2, 0) is 11.2 Å². The van der Waals surface area contributed by atoms with E-state index in [2.05, 4.69) is 10.2 Å². The summed E-state index contributed by atoms with van der Waals surface area (Å²) in [5, 5.41) is 6.60. The zero-order valence-electron chi connectivity index (χ0n) is 18.1. The smallest absolute Gasteiger partial charge is 0.271 e. The summed E-state index contributed by atoms with van der Waals surface area (Å²) in [7, 11) is 0. The van der Waals surface area contributed by atoms with E-state index in [0.29, 0.717) is 43.9 Å². The van der Waals surface area contributed by atoms with Gasteiger partial charge in [-0.2, -0.15) is 5.10 Å². The number of nitrogens with one attached hydrogen (secondary N) is 1. The van der Waals surface area contributed by atoms with Gasteiger partial charge in [-0.3, -0.25) is 14.7 Å². The van der Waals surface area contributed by atoms with E-state index in [4.69, 9.17) is 0 Å². The average molecular weight is 435 g/mol. The van der Waals surface area contributed by atoms with E-state index in [0.717, 1.165) is 17.5 Å². The largest absolute Gasteiger partial charge is 0.341 e. The van der Waals surface area contributed by atoms with Crippen molar-refractivity contribution in [1.29, 1.82) is 0 Å². The molecule has 6 nitrogen and oxygen atoms in total. The van der Waals surface area contributed by atoms with Crippen LogP contribution in [0.25, 0.3) is 11.1 Å². The maximum Gasteiger partial charge on any atom is 0.271 e. The predicted molar refractivity (Wildman–Crippen MR) is 120 cm³/mol. The lowest BCUT2D eigenvalue weighted by Gasteiger charge is -2.24. The molecule has 7 heteroatoms. The molecule has 2 heterocycles. The van der Waals surface area contributed by atoms with Crippen LogP contribution in [-0.4, -0.2) is 58.0 Å². The number of benzene rings is 2. The molecule has 1 aliphatic heterocycles. The first-order valence-corrected chi connectivity index (χ1v) is 11.0. The summed E-state index contributed by atoms with van der Waals surface area (Å²) in [5.41, 5.74) is 2.67. The molecule has 1 atom stereocenters. The summed E-state index contributed by atoms with van der Waals surface area (Å²) in [6.45, 7) is 4.03. The Kier molecular flexibility index (Phi) is 6.63. The van der Waals surface area contributed by atoms with E-state index >= 15 is 0 Å². The Balaban J connectivity index is 1.59. The van der Waals surface area contributed by atoms with Crippen molar-refractivity contribution in [3.05, 3.63) is 77.9 Å². The Morgan fingerprint density at radius 3 is 2.75 bits per heavy atom. The topological polar surface area (TPSA) is 69.3 Å². The first-order chi connectivity index (χ1) is 15.6. The van der Waals surface area contributed by atoms with Crippen molar-refractivity contribution >= 4 is 11.8 Å². The van der Waals surface area contributed by atoms with Gasteiger partial charge >= 0.3 is 0 Å². The third-order valence-electron chi connectivity index (χ3n) is 5.85. The number of aromatic amines is 1. The lowest BCUT2D eigenvalue weighted by molar-refractivity contribution is -0.134. The highest BCUT2D eigenvalue weighted by atomic mass is 19.1. The number of carbonyl (C=O) groups is 2. The maximum atomic E-state index is 14.3. The Hall–Kier alpha value is -3.48. The summed E-state index contributed by atoms with van der Waals surface area (Å²) in [4.78, 5) is 29.8. The van der Waals surface area contributed by atoms with Gasteiger partial charge in [-0.25, -0.2) is 4.39 Å². The summed E-state index contributed by atoms with van der Waals surface area (Å²) >= 11 is 0. The molecule has 166 valence electrons. The molecule has 0 spiro atoms. The summed E-state index contributed by atoms with van der Waals surface area (Å²) in [6, 6.07) is 15.9. The van der Waals surface area contributed by atoms with Crippen LogP contribution in [0.3, 0.4) is 0 Å². The van der Waals surface area contributed by atoms with Crippen LogP contribution < -0.4 is 0 Å². The summed E-state index contributed by atoms with van der Waals surface area (Å²) in [6.07, 6.45) is 2.88. The highest BCUT2D eigenvalue weighted by Crippen LogP contribution is 2.25. The lowest BCUT2D eigenvalue weighted by Crippen LogP contribution is -2.38. The Labute approximate surface area is 187 Å². The first kappa shape index (κ1) is 21.7. The van der Waals surface area contributed by atoms with Gasteiger partial charge in [-0.1, -0.05) is 49.4 Å². The monoisotopic (exact) mass is 434 g/mol. The molecule has 0 bridgehead atoms. The lowest BCUT2D eigenvalue weighted by atomic mass is 9.94. The summed E-state index contributed by atoms with van der Waals surface area (Å²) < 4.78 is 14.3. The minimum Gasteiger partial charge on any atom is -0.341 e. The van der Waals surface area contributed by atoms with Gasteiger partial charge < -0.3 is 9.80 Å². The maximum absolute atomic E-state index is 14.3. The molecule has 1 fully saturated rings. The highest BCUT2D eigenvalue weighted by molar-refractivity contribution is 5.93. The molecular weight excluding hydrogens is 407 g/mol. The van der Waals surface area contributed by atoms with Gasteiger partial charge in [0, 0.05) is 37.9 Å². The SMILES string of the molecule is CCCN1CCN(C(=O)c2ccn[nH]2)C[C@@H](Cc2cccc(-c3ccccc3F)c2)C1=O. The molecule has 0 aliphatic carbocycles. The molecule has 32 heavy (non-hydrogen) atoms. The first-order valence-electron chi connectivity index (χ1n) is 11.0. The van der Waals surface area contributed by atoms with Gasteiger partial charge in [0.2, 0.25) is 5.91 Å². The number of H-pyrrole nitrogens is 1. The van der Waals surface area contributed by atoms with Crippen LogP contribution in [0.15, 0.2) is 60.8 Å². The highest BCUT2D eigenvalue weighted by Gasteiger charge is 2.32. The number of halogens is 1. The van der Waals surface area contributed by atoms with Crippen LogP contribution in [0.2, 0.25) is 0 Å². The van der Waals surface area contributed by atoms with Gasteiger partial charge in [0.15, 0.2) is 0 Å². The third kappa shape index (κ3) is 4.72. The second kappa shape index (κ2) is 9.77. The van der Waals surface area contributed by atoms with Gasteiger partial charge in [0.1, 0.15) is 11.5 Å². The average Bonchev–Trinajstić information content (AvgIpc) is 3.30. The fourth-order valence-electron chi connectivity index (χ4n) is 4.26. The van der Waals surface area contributed by atoms with Crippen molar-refractivity contribution in [3.8, 4) is 11.1 Å². The van der Waals surface area contributed by atoms with Crippen molar-refractivity contribution in [2.24, 2.45) is 5.92 Å². The number of rotatable bonds is 6. The van der Waals surface area contributed by atoms with Crippen molar-refractivity contribution in [2.75, 3.05) is 26.2 Å². The van der Waals surface area contributed by atoms with Crippen LogP contribution >= 0.6 is 0 Å². The van der Waals surface area contributed by atoms with E-state index in [1.54, 1.807) is 29.3 Å². The van der Waals surface area contributed by atoms with Gasteiger partial charge in [-0.15, -0.1) is 0 Å². The van der Waals surface area contributed by atoms with E-state index in [1.807, 2.05) is 42.2 Å². The molecule has 0 unspecified atom stereocenters. The molecule has 1 N–H and O–H groups in total. The molecule has 3 aromatic rings. The quantitative estimate of drug-likeness (QED) is 0.642. The fraction of sp³-hybridized carbons (Fsp3) is 0.320.